The van der Waals surface area contributed by atoms with E-state index in [1.165, 1.54) is 16.9 Å². The molecule has 100 valence electrons. The summed E-state index contributed by atoms with van der Waals surface area (Å²) < 4.78 is 1.07. The molecule has 3 rings (SSSR count). The number of thioether (sulfide) groups is 2. The van der Waals surface area contributed by atoms with Crippen molar-refractivity contribution in [3.63, 3.8) is 0 Å². The van der Waals surface area contributed by atoms with Crippen LogP contribution in [0.1, 0.15) is 5.56 Å². The molecule has 0 saturated carbocycles. The number of hydrogen-bond acceptors (Lipinski definition) is 6. The van der Waals surface area contributed by atoms with E-state index < -0.39 is 0 Å². The zero-order chi connectivity index (χ0) is 13.2. The van der Waals surface area contributed by atoms with Crippen molar-refractivity contribution in [3.8, 4) is 0 Å². The predicted molar refractivity (Wildman–Crippen MR) is 84.8 cm³/mol. The molecule has 0 amide bonds. The standard InChI is InChI=1S/C13H15N3S3/c1-16(2)12-14-15-13(19-12)17-8-10-7-9-5-3-4-6-11(9)18-10/h3-6,10H,7-8H2,1-2H3. The third kappa shape index (κ3) is 3.07. The summed E-state index contributed by atoms with van der Waals surface area (Å²) in [5.41, 5.74) is 1.49. The number of nitrogens with zero attached hydrogens (tertiary/aromatic N) is 3. The number of anilines is 1. The van der Waals surface area contributed by atoms with E-state index in [-0.39, 0.29) is 0 Å². The molecule has 1 aromatic carbocycles. The second kappa shape index (κ2) is 5.73. The molecule has 19 heavy (non-hydrogen) atoms. The first-order chi connectivity index (χ1) is 9.22. The van der Waals surface area contributed by atoms with E-state index in [2.05, 4.69) is 34.5 Å². The van der Waals surface area contributed by atoms with Crippen LogP contribution in [0.5, 0.6) is 0 Å². The second-order valence-corrected chi connectivity index (χ2v) is 8.17. The molecule has 0 bridgehead atoms. The Bertz CT molecular complexity index is 543. The molecule has 1 unspecified atom stereocenters. The first-order valence-corrected chi connectivity index (χ1v) is 8.79. The van der Waals surface area contributed by atoms with Crippen LogP contribution in [0, 0.1) is 0 Å². The maximum Gasteiger partial charge on any atom is 0.208 e. The van der Waals surface area contributed by atoms with Gasteiger partial charge in [0.15, 0.2) is 4.34 Å². The van der Waals surface area contributed by atoms with Gasteiger partial charge in [-0.15, -0.1) is 22.0 Å². The number of hydrogen-bond donors (Lipinski definition) is 0. The van der Waals surface area contributed by atoms with Crippen molar-refractivity contribution in [1.82, 2.24) is 10.2 Å². The Balaban J connectivity index is 1.56. The lowest BCUT2D eigenvalue weighted by Crippen LogP contribution is -2.07. The van der Waals surface area contributed by atoms with Crippen LogP contribution in [0.15, 0.2) is 33.5 Å². The minimum absolute atomic E-state index is 0.661. The summed E-state index contributed by atoms with van der Waals surface area (Å²) in [6.45, 7) is 0. The molecule has 0 N–H and O–H groups in total. The summed E-state index contributed by atoms with van der Waals surface area (Å²) in [5, 5.41) is 10.0. The summed E-state index contributed by atoms with van der Waals surface area (Å²) in [4.78, 5) is 3.45. The number of benzene rings is 1. The average Bonchev–Trinajstić information content (AvgIpc) is 3.02. The van der Waals surface area contributed by atoms with Crippen LogP contribution in [-0.4, -0.2) is 35.3 Å². The van der Waals surface area contributed by atoms with E-state index in [1.807, 2.05) is 42.5 Å². The molecule has 0 aliphatic carbocycles. The Kier molecular flexibility index (Phi) is 4.00. The van der Waals surface area contributed by atoms with Crippen molar-refractivity contribution in [1.29, 1.82) is 0 Å². The van der Waals surface area contributed by atoms with Gasteiger partial charge in [-0.25, -0.2) is 0 Å². The minimum atomic E-state index is 0.661. The summed E-state index contributed by atoms with van der Waals surface area (Å²) in [5.74, 6) is 1.10. The van der Waals surface area contributed by atoms with Crippen LogP contribution in [0.25, 0.3) is 0 Å². The van der Waals surface area contributed by atoms with Gasteiger partial charge in [0.1, 0.15) is 0 Å². The Morgan fingerprint density at radius 3 is 2.89 bits per heavy atom. The highest BCUT2D eigenvalue weighted by atomic mass is 32.2. The Morgan fingerprint density at radius 2 is 2.16 bits per heavy atom. The molecule has 0 spiro atoms. The second-order valence-electron chi connectivity index (χ2n) is 4.61. The van der Waals surface area contributed by atoms with E-state index in [9.17, 15) is 0 Å². The van der Waals surface area contributed by atoms with Gasteiger partial charge in [0.2, 0.25) is 5.13 Å². The molecule has 2 heterocycles. The van der Waals surface area contributed by atoms with E-state index >= 15 is 0 Å². The van der Waals surface area contributed by atoms with Gasteiger partial charge in [-0.05, 0) is 18.1 Å². The van der Waals surface area contributed by atoms with Crippen molar-refractivity contribution < 1.29 is 0 Å². The van der Waals surface area contributed by atoms with Gasteiger partial charge >= 0.3 is 0 Å². The fraction of sp³-hybridized carbons (Fsp3) is 0.385. The lowest BCUT2D eigenvalue weighted by molar-refractivity contribution is 0.956. The van der Waals surface area contributed by atoms with Crippen LogP contribution >= 0.6 is 34.9 Å². The smallest absolute Gasteiger partial charge is 0.208 e. The Labute approximate surface area is 125 Å². The van der Waals surface area contributed by atoms with Crippen molar-refractivity contribution in [2.75, 3.05) is 24.7 Å². The zero-order valence-electron chi connectivity index (χ0n) is 10.9. The van der Waals surface area contributed by atoms with Gasteiger partial charge in [0, 0.05) is 30.0 Å². The van der Waals surface area contributed by atoms with Crippen LogP contribution in [0.2, 0.25) is 0 Å². The van der Waals surface area contributed by atoms with Crippen LogP contribution in [0.3, 0.4) is 0 Å². The molecule has 0 radical (unpaired) electrons. The van der Waals surface area contributed by atoms with Gasteiger partial charge in [-0.2, -0.15) is 0 Å². The SMILES string of the molecule is CN(C)c1nnc(SCC2Cc3ccccc3S2)s1. The Hall–Kier alpha value is -0.720. The van der Waals surface area contributed by atoms with Crippen molar-refractivity contribution in [3.05, 3.63) is 29.8 Å². The van der Waals surface area contributed by atoms with Crippen molar-refractivity contribution in [2.24, 2.45) is 0 Å². The molecule has 6 heteroatoms. The first kappa shape index (κ1) is 13.3. The van der Waals surface area contributed by atoms with Crippen molar-refractivity contribution >= 4 is 40.0 Å². The number of rotatable bonds is 4. The minimum Gasteiger partial charge on any atom is -0.353 e. The summed E-state index contributed by atoms with van der Waals surface area (Å²) in [6.07, 6.45) is 1.17. The molecule has 1 aliphatic heterocycles. The predicted octanol–water partition coefficient (Wildman–Crippen LogP) is 3.41. The lowest BCUT2D eigenvalue weighted by Gasteiger charge is -2.05. The van der Waals surface area contributed by atoms with Crippen molar-refractivity contribution in [2.45, 2.75) is 20.9 Å². The van der Waals surface area contributed by atoms with E-state index in [1.54, 1.807) is 11.3 Å². The molecule has 1 aromatic heterocycles. The molecule has 1 atom stereocenters. The summed E-state index contributed by atoms with van der Waals surface area (Å²) >= 11 is 5.48. The maximum absolute atomic E-state index is 4.23. The number of fused-ring (bicyclic) bond motifs is 1. The fourth-order valence-corrected chi connectivity index (χ4v) is 5.22. The van der Waals surface area contributed by atoms with Gasteiger partial charge in [0.25, 0.3) is 0 Å². The molecule has 3 nitrogen and oxygen atoms in total. The molecule has 1 aliphatic rings. The quantitative estimate of drug-likeness (QED) is 0.807. The molecule has 0 saturated heterocycles. The summed E-state index contributed by atoms with van der Waals surface area (Å²) in [7, 11) is 4.00. The molecular weight excluding hydrogens is 294 g/mol. The highest BCUT2D eigenvalue weighted by Gasteiger charge is 2.22. The average molecular weight is 309 g/mol. The lowest BCUT2D eigenvalue weighted by atomic mass is 10.1. The molecule has 2 aromatic rings. The normalized spacial score (nSPS) is 17.5. The summed E-state index contributed by atoms with van der Waals surface area (Å²) in [6, 6.07) is 8.71. The first-order valence-electron chi connectivity index (χ1n) is 6.10. The largest absolute Gasteiger partial charge is 0.353 e. The topological polar surface area (TPSA) is 29.0 Å². The zero-order valence-corrected chi connectivity index (χ0v) is 13.3. The van der Waals surface area contributed by atoms with E-state index in [0.29, 0.717) is 5.25 Å². The molecular formula is C13H15N3S3. The monoisotopic (exact) mass is 309 g/mol. The van der Waals surface area contributed by atoms with Crippen LogP contribution in [-0.2, 0) is 6.42 Å². The number of aromatic nitrogens is 2. The molecule has 0 fully saturated rings. The van der Waals surface area contributed by atoms with Crippen LogP contribution < -0.4 is 4.90 Å². The van der Waals surface area contributed by atoms with Gasteiger partial charge in [-0.3, -0.25) is 0 Å². The van der Waals surface area contributed by atoms with Gasteiger partial charge < -0.3 is 4.90 Å². The van der Waals surface area contributed by atoms with E-state index in [0.717, 1.165) is 15.2 Å². The van der Waals surface area contributed by atoms with Crippen LogP contribution in [0.4, 0.5) is 5.13 Å². The van der Waals surface area contributed by atoms with Gasteiger partial charge in [0.05, 0.1) is 0 Å². The van der Waals surface area contributed by atoms with E-state index in [4.69, 9.17) is 0 Å². The van der Waals surface area contributed by atoms with Gasteiger partial charge in [-0.1, -0.05) is 41.3 Å². The maximum atomic E-state index is 4.23. The highest BCUT2D eigenvalue weighted by Crippen LogP contribution is 2.39. The fourth-order valence-electron chi connectivity index (χ4n) is 1.95. The third-order valence-corrected chi connectivity index (χ3v) is 6.80. The Morgan fingerprint density at radius 1 is 1.32 bits per heavy atom. The highest BCUT2D eigenvalue weighted by molar-refractivity contribution is 8.04. The third-order valence-electron chi connectivity index (χ3n) is 2.88.